The molecule has 0 saturated carbocycles. The monoisotopic (exact) mass is 607 g/mol. The highest BCUT2D eigenvalue weighted by Crippen LogP contribution is 2.38. The van der Waals surface area contributed by atoms with Crippen LogP contribution in [-0.4, -0.2) is 102 Å². The van der Waals surface area contributed by atoms with Gasteiger partial charge in [-0.25, -0.2) is 9.59 Å². The average molecular weight is 608 g/mol. The minimum Gasteiger partial charge on any atom is -0.465 e. The minimum absolute atomic E-state index is 0.0384. The van der Waals surface area contributed by atoms with Gasteiger partial charge in [-0.3, -0.25) is 9.88 Å². The van der Waals surface area contributed by atoms with E-state index in [0.29, 0.717) is 39.3 Å². The average Bonchev–Trinajstić information content (AvgIpc) is 3.30. The summed E-state index contributed by atoms with van der Waals surface area (Å²) in [6.45, 7) is 17.8. The van der Waals surface area contributed by atoms with Crippen LogP contribution in [-0.2, 0) is 23.9 Å². The number of fused-ring (bicyclic) bond motifs is 1. The van der Waals surface area contributed by atoms with E-state index in [1.54, 1.807) is 0 Å². The maximum Gasteiger partial charge on any atom is 0.407 e. The number of urea groups is 1. The molecular formula is C33H49N5O4Si. The van der Waals surface area contributed by atoms with Crippen LogP contribution in [0.1, 0.15) is 61.9 Å². The van der Waals surface area contributed by atoms with E-state index in [1.165, 1.54) is 16.0 Å². The van der Waals surface area contributed by atoms with E-state index >= 15 is 0 Å². The predicted molar refractivity (Wildman–Crippen MR) is 171 cm³/mol. The first-order chi connectivity index (χ1) is 20.4. The third kappa shape index (κ3) is 7.59. The molecule has 2 fully saturated rings. The summed E-state index contributed by atoms with van der Waals surface area (Å²) >= 11 is 0. The third-order valence-corrected chi connectivity index (χ3v) is 14.5. The fourth-order valence-corrected chi connectivity index (χ4v) is 7.61. The largest absolute Gasteiger partial charge is 0.465 e. The lowest BCUT2D eigenvalue weighted by atomic mass is 9.93. The second-order valence-electron chi connectivity index (χ2n) is 14.0. The van der Waals surface area contributed by atoms with Gasteiger partial charge in [-0.2, -0.15) is 0 Å². The molecule has 0 spiro atoms. The zero-order chi connectivity index (χ0) is 30.8. The summed E-state index contributed by atoms with van der Waals surface area (Å²) in [5.74, 6) is 0.278. The second-order valence-corrected chi connectivity index (χ2v) is 18.8. The van der Waals surface area contributed by atoms with E-state index in [9.17, 15) is 14.7 Å². The van der Waals surface area contributed by atoms with E-state index in [0.717, 1.165) is 50.2 Å². The first-order valence-corrected chi connectivity index (χ1v) is 18.7. The van der Waals surface area contributed by atoms with E-state index in [-0.39, 0.29) is 23.1 Å². The highest BCUT2D eigenvalue weighted by atomic mass is 28.4. The topological polar surface area (TPSA) is 89.5 Å². The number of carboxylic acid groups (broad SMARTS) is 1. The highest BCUT2D eigenvalue weighted by molar-refractivity contribution is 6.74. The molecule has 2 saturated heterocycles. The number of aromatic nitrogens is 1. The number of carbonyl (C=O) groups excluding carboxylic acids is 1. The van der Waals surface area contributed by atoms with Crippen LogP contribution in [0, 0.1) is 0 Å². The number of carbonyl (C=O) groups is 2. The highest BCUT2D eigenvalue weighted by Gasteiger charge is 2.41. The van der Waals surface area contributed by atoms with Crippen LogP contribution in [0.4, 0.5) is 9.59 Å². The zero-order valence-corrected chi connectivity index (χ0v) is 27.6. The van der Waals surface area contributed by atoms with Crippen LogP contribution in [0.5, 0.6) is 0 Å². The lowest BCUT2D eigenvalue weighted by Gasteiger charge is -2.42. The van der Waals surface area contributed by atoms with Gasteiger partial charge in [0.2, 0.25) is 0 Å². The normalized spacial score (nSPS) is 19.6. The number of likely N-dealkylation sites (tertiary alicyclic amines) is 1. The van der Waals surface area contributed by atoms with Gasteiger partial charge in [0.25, 0.3) is 0 Å². The van der Waals surface area contributed by atoms with Crippen molar-refractivity contribution in [3.05, 3.63) is 65.0 Å². The summed E-state index contributed by atoms with van der Waals surface area (Å²) in [6, 6.07) is 12.9. The van der Waals surface area contributed by atoms with E-state index in [1.807, 2.05) is 16.0 Å². The first-order valence-electron chi connectivity index (χ1n) is 15.8. The van der Waals surface area contributed by atoms with Crippen molar-refractivity contribution in [3.63, 3.8) is 0 Å². The second kappa shape index (κ2) is 13.0. The van der Waals surface area contributed by atoms with Gasteiger partial charge in [-0.1, -0.05) is 51.1 Å². The Kier molecular flexibility index (Phi) is 9.48. The molecule has 234 valence electrons. The summed E-state index contributed by atoms with van der Waals surface area (Å²) < 4.78 is 6.99. The molecule has 3 aliphatic heterocycles. The van der Waals surface area contributed by atoms with Crippen molar-refractivity contribution in [2.75, 3.05) is 45.8 Å². The fraction of sp³-hybridized carbons (Fsp3) is 0.606. The molecule has 0 aliphatic carbocycles. The third-order valence-electron chi connectivity index (χ3n) is 9.95. The number of hydrogen-bond donors (Lipinski definition) is 1. The van der Waals surface area contributed by atoms with Crippen LogP contribution < -0.4 is 0 Å². The Bertz CT molecular complexity index is 1270. The molecule has 0 bridgehead atoms. The lowest BCUT2D eigenvalue weighted by molar-refractivity contribution is 0.0879. The molecule has 3 amide bonds. The molecule has 1 aromatic heterocycles. The van der Waals surface area contributed by atoms with Crippen LogP contribution >= 0.6 is 0 Å². The number of amides is 3. The first kappa shape index (κ1) is 31.5. The SMILES string of the molecule is CC(C)(C)[Si](C)(C)O[C@H](CN1CCc2ccccc2C1)CN1CCN(Cc2ccc(C3CCN(C(=O)O)CC3)nc2)C1=O. The van der Waals surface area contributed by atoms with Crippen LogP contribution in [0.25, 0.3) is 0 Å². The Labute approximate surface area is 257 Å². The number of pyridine rings is 1. The summed E-state index contributed by atoms with van der Waals surface area (Å²) in [7, 11) is -2.04. The van der Waals surface area contributed by atoms with E-state index in [2.05, 4.69) is 75.2 Å². The van der Waals surface area contributed by atoms with Crippen molar-refractivity contribution in [1.82, 2.24) is 24.6 Å². The molecule has 0 unspecified atom stereocenters. The van der Waals surface area contributed by atoms with Crippen molar-refractivity contribution in [3.8, 4) is 0 Å². The molecular weight excluding hydrogens is 558 g/mol. The Hall–Kier alpha value is -2.95. The molecule has 1 aromatic carbocycles. The standard InChI is InChI=1S/C33H49N5O4Si/c1-33(2,3)43(4,5)42-29(23-35-15-12-26-8-6-7-9-28(26)22-35)24-38-19-18-37(31(38)39)21-25-10-11-30(34-20-25)27-13-16-36(17-14-27)32(40)41/h6-11,20,27,29H,12-19,21-24H2,1-5H3,(H,40,41)/t29-/m1/s1. The summed E-state index contributed by atoms with van der Waals surface area (Å²) in [5, 5.41) is 9.30. The number of piperidine rings is 1. The zero-order valence-electron chi connectivity index (χ0n) is 26.6. The number of rotatable bonds is 9. The minimum atomic E-state index is -2.04. The maximum atomic E-state index is 13.6. The molecule has 3 aliphatic rings. The molecule has 9 nitrogen and oxygen atoms in total. The van der Waals surface area contributed by atoms with Gasteiger partial charge in [0.05, 0.1) is 6.10 Å². The molecule has 1 N–H and O–H groups in total. The Morgan fingerprint density at radius 1 is 1.00 bits per heavy atom. The van der Waals surface area contributed by atoms with Gasteiger partial charge < -0.3 is 24.2 Å². The number of nitrogens with zero attached hydrogens (tertiary/aromatic N) is 5. The Morgan fingerprint density at radius 3 is 2.35 bits per heavy atom. The van der Waals surface area contributed by atoms with Crippen LogP contribution in [0.15, 0.2) is 42.6 Å². The van der Waals surface area contributed by atoms with Crippen LogP contribution in [0.2, 0.25) is 18.1 Å². The van der Waals surface area contributed by atoms with Crippen molar-refractivity contribution < 1.29 is 19.1 Å². The summed E-state index contributed by atoms with van der Waals surface area (Å²) in [4.78, 5) is 37.4. The van der Waals surface area contributed by atoms with Crippen LogP contribution in [0.3, 0.4) is 0 Å². The summed E-state index contributed by atoms with van der Waals surface area (Å²) in [6.07, 6.45) is 3.63. The Morgan fingerprint density at radius 2 is 1.70 bits per heavy atom. The lowest BCUT2D eigenvalue weighted by Crippen LogP contribution is -2.51. The molecule has 0 radical (unpaired) electrons. The van der Waals surface area contributed by atoms with Crippen molar-refractivity contribution in [2.24, 2.45) is 0 Å². The predicted octanol–water partition coefficient (Wildman–Crippen LogP) is 5.63. The van der Waals surface area contributed by atoms with Gasteiger partial charge in [0.1, 0.15) is 0 Å². The van der Waals surface area contributed by atoms with Crippen molar-refractivity contribution >= 4 is 20.4 Å². The van der Waals surface area contributed by atoms with E-state index < -0.39 is 14.4 Å². The quantitative estimate of drug-likeness (QED) is 0.372. The van der Waals surface area contributed by atoms with Gasteiger partial charge in [-0.15, -0.1) is 0 Å². The van der Waals surface area contributed by atoms with Gasteiger partial charge in [-0.05, 0) is 60.2 Å². The maximum absolute atomic E-state index is 13.6. The van der Waals surface area contributed by atoms with Crippen molar-refractivity contribution in [1.29, 1.82) is 0 Å². The molecule has 10 heteroatoms. The molecule has 5 rings (SSSR count). The van der Waals surface area contributed by atoms with Gasteiger partial charge in [0, 0.05) is 76.7 Å². The van der Waals surface area contributed by atoms with Gasteiger partial charge in [0.15, 0.2) is 8.32 Å². The number of benzene rings is 1. The smallest absolute Gasteiger partial charge is 0.407 e. The molecule has 1 atom stereocenters. The Balaban J connectivity index is 1.19. The number of hydrogen-bond acceptors (Lipinski definition) is 5. The van der Waals surface area contributed by atoms with E-state index in [4.69, 9.17) is 9.41 Å². The molecule has 4 heterocycles. The summed E-state index contributed by atoms with van der Waals surface area (Å²) in [5.41, 5.74) is 4.86. The van der Waals surface area contributed by atoms with Crippen molar-refractivity contribution in [2.45, 2.75) is 83.3 Å². The van der Waals surface area contributed by atoms with Gasteiger partial charge >= 0.3 is 12.1 Å². The fourth-order valence-electron chi connectivity index (χ4n) is 6.28. The molecule has 43 heavy (non-hydrogen) atoms. The molecule has 2 aromatic rings.